The summed E-state index contributed by atoms with van der Waals surface area (Å²) in [4.78, 5) is 1.34. The molecule has 0 amide bonds. The van der Waals surface area contributed by atoms with Crippen LogP contribution in [0.3, 0.4) is 0 Å². The zero-order valence-electron chi connectivity index (χ0n) is 8.86. The van der Waals surface area contributed by atoms with Gasteiger partial charge >= 0.3 is 0 Å². The predicted molar refractivity (Wildman–Crippen MR) is 67.3 cm³/mol. The Morgan fingerprint density at radius 2 is 2.07 bits per heavy atom. The predicted octanol–water partition coefficient (Wildman–Crippen LogP) is 3.22. The van der Waals surface area contributed by atoms with E-state index in [9.17, 15) is 0 Å². The summed E-state index contributed by atoms with van der Waals surface area (Å²) < 4.78 is 0. The van der Waals surface area contributed by atoms with E-state index in [1.54, 1.807) is 11.3 Å². The largest absolute Gasteiger partial charge is 0.330 e. The Morgan fingerprint density at radius 1 is 1.20 bits per heavy atom. The number of aryl methyl sites for hydroxylation is 1. The summed E-state index contributed by atoms with van der Waals surface area (Å²) in [5.74, 6) is 0. The van der Waals surface area contributed by atoms with E-state index in [4.69, 9.17) is 5.73 Å². The van der Waals surface area contributed by atoms with Gasteiger partial charge in [0.1, 0.15) is 0 Å². The monoisotopic (exact) mass is 217 g/mol. The van der Waals surface area contributed by atoms with Crippen LogP contribution in [0.25, 0.3) is 10.4 Å². The molecule has 0 saturated carbocycles. The van der Waals surface area contributed by atoms with Gasteiger partial charge in [-0.1, -0.05) is 24.3 Å². The quantitative estimate of drug-likeness (QED) is 0.839. The molecule has 1 aromatic heterocycles. The first-order valence-electron chi connectivity index (χ1n) is 5.15. The van der Waals surface area contributed by atoms with Gasteiger partial charge in [0.25, 0.3) is 0 Å². The highest BCUT2D eigenvalue weighted by Crippen LogP contribution is 2.31. The van der Waals surface area contributed by atoms with Crippen LogP contribution < -0.4 is 5.73 Å². The highest BCUT2D eigenvalue weighted by Gasteiger charge is 2.07. The lowest BCUT2D eigenvalue weighted by Gasteiger charge is -2.10. The van der Waals surface area contributed by atoms with Crippen LogP contribution in [-0.2, 0) is 6.42 Å². The molecule has 0 radical (unpaired) electrons. The zero-order chi connectivity index (χ0) is 10.7. The minimum Gasteiger partial charge on any atom is -0.330 e. The minimum atomic E-state index is 0.710. The summed E-state index contributed by atoms with van der Waals surface area (Å²) in [6.07, 6.45) is 0.953. The lowest BCUT2D eigenvalue weighted by atomic mass is 9.98. The summed E-state index contributed by atoms with van der Waals surface area (Å²) in [7, 11) is 0. The van der Waals surface area contributed by atoms with Crippen LogP contribution in [0.4, 0.5) is 0 Å². The van der Waals surface area contributed by atoms with Crippen molar-refractivity contribution in [1.29, 1.82) is 0 Å². The summed E-state index contributed by atoms with van der Waals surface area (Å²) in [5, 5.41) is 2.12. The molecule has 0 bridgehead atoms. The van der Waals surface area contributed by atoms with Gasteiger partial charge in [-0.05, 0) is 48.0 Å². The van der Waals surface area contributed by atoms with E-state index < -0.39 is 0 Å². The van der Waals surface area contributed by atoms with Crippen molar-refractivity contribution in [2.24, 2.45) is 5.73 Å². The molecule has 0 saturated heterocycles. The number of hydrogen-bond donors (Lipinski definition) is 1. The van der Waals surface area contributed by atoms with Crippen LogP contribution in [0.2, 0.25) is 0 Å². The Bertz CT molecular complexity index is 432. The van der Waals surface area contributed by atoms with E-state index in [1.165, 1.54) is 21.6 Å². The maximum atomic E-state index is 5.64. The minimum absolute atomic E-state index is 0.710. The molecule has 0 aliphatic heterocycles. The van der Waals surface area contributed by atoms with Crippen molar-refractivity contribution in [3.8, 4) is 10.4 Å². The molecule has 1 aromatic carbocycles. The van der Waals surface area contributed by atoms with Crippen molar-refractivity contribution in [1.82, 2.24) is 0 Å². The van der Waals surface area contributed by atoms with Crippen molar-refractivity contribution in [2.45, 2.75) is 13.3 Å². The van der Waals surface area contributed by atoms with Gasteiger partial charge < -0.3 is 5.73 Å². The molecule has 0 fully saturated rings. The molecule has 15 heavy (non-hydrogen) atoms. The first-order chi connectivity index (χ1) is 7.33. The Kier molecular flexibility index (Phi) is 3.19. The van der Waals surface area contributed by atoms with Crippen molar-refractivity contribution in [2.75, 3.05) is 6.54 Å². The smallest absolute Gasteiger partial charge is 0.0348 e. The van der Waals surface area contributed by atoms with E-state index in [-0.39, 0.29) is 0 Å². The average Bonchev–Trinajstić information content (AvgIpc) is 2.71. The normalized spacial score (nSPS) is 10.5. The number of benzene rings is 1. The van der Waals surface area contributed by atoms with Crippen LogP contribution in [0, 0.1) is 6.92 Å². The van der Waals surface area contributed by atoms with E-state index in [2.05, 4.69) is 42.6 Å². The highest BCUT2D eigenvalue weighted by atomic mass is 32.1. The van der Waals surface area contributed by atoms with E-state index in [1.807, 2.05) is 0 Å². The lowest BCUT2D eigenvalue weighted by molar-refractivity contribution is 0.969. The highest BCUT2D eigenvalue weighted by molar-refractivity contribution is 7.13. The Balaban J connectivity index is 2.52. The number of thiophene rings is 1. The second kappa shape index (κ2) is 4.60. The fourth-order valence-electron chi connectivity index (χ4n) is 1.87. The standard InChI is InChI=1S/C13H15NS/c1-10-4-2-5-11(7-8-14)13(10)12-6-3-9-15-12/h2-6,9H,7-8,14H2,1H3. The van der Waals surface area contributed by atoms with Gasteiger partial charge in [0.05, 0.1) is 0 Å². The Labute approximate surface area is 94.6 Å². The third kappa shape index (κ3) is 2.11. The summed E-state index contributed by atoms with van der Waals surface area (Å²) >= 11 is 1.79. The fourth-order valence-corrected chi connectivity index (χ4v) is 2.74. The molecule has 78 valence electrons. The molecular weight excluding hydrogens is 202 g/mol. The van der Waals surface area contributed by atoms with Crippen LogP contribution >= 0.6 is 11.3 Å². The van der Waals surface area contributed by atoms with Crippen molar-refractivity contribution >= 4 is 11.3 Å². The van der Waals surface area contributed by atoms with E-state index >= 15 is 0 Å². The molecule has 0 atom stereocenters. The molecule has 1 nitrogen and oxygen atoms in total. The van der Waals surface area contributed by atoms with Crippen LogP contribution in [0.15, 0.2) is 35.7 Å². The molecule has 1 heterocycles. The fraction of sp³-hybridized carbons (Fsp3) is 0.231. The molecular formula is C13H15NS. The van der Waals surface area contributed by atoms with Crippen LogP contribution in [0.5, 0.6) is 0 Å². The van der Waals surface area contributed by atoms with Crippen LogP contribution in [0.1, 0.15) is 11.1 Å². The summed E-state index contributed by atoms with van der Waals surface area (Å²) in [6.45, 7) is 2.87. The molecule has 2 heteroatoms. The molecule has 0 spiro atoms. The van der Waals surface area contributed by atoms with Gasteiger partial charge in [-0.25, -0.2) is 0 Å². The number of hydrogen-bond acceptors (Lipinski definition) is 2. The zero-order valence-corrected chi connectivity index (χ0v) is 9.68. The van der Waals surface area contributed by atoms with Crippen molar-refractivity contribution in [3.63, 3.8) is 0 Å². The first kappa shape index (κ1) is 10.4. The first-order valence-corrected chi connectivity index (χ1v) is 6.03. The second-order valence-electron chi connectivity index (χ2n) is 3.63. The van der Waals surface area contributed by atoms with Crippen LogP contribution in [-0.4, -0.2) is 6.54 Å². The van der Waals surface area contributed by atoms with Crippen molar-refractivity contribution < 1.29 is 0 Å². The van der Waals surface area contributed by atoms with E-state index in [0.717, 1.165) is 6.42 Å². The summed E-state index contributed by atoms with van der Waals surface area (Å²) in [6, 6.07) is 10.7. The van der Waals surface area contributed by atoms with Crippen molar-refractivity contribution in [3.05, 3.63) is 46.8 Å². The topological polar surface area (TPSA) is 26.0 Å². The molecule has 2 rings (SSSR count). The van der Waals surface area contributed by atoms with Gasteiger partial charge in [-0.3, -0.25) is 0 Å². The molecule has 0 unspecified atom stereocenters. The molecule has 0 aliphatic rings. The van der Waals surface area contributed by atoms with E-state index in [0.29, 0.717) is 6.54 Å². The van der Waals surface area contributed by atoms with Gasteiger partial charge in [0.2, 0.25) is 0 Å². The average molecular weight is 217 g/mol. The SMILES string of the molecule is Cc1cccc(CCN)c1-c1cccs1. The second-order valence-corrected chi connectivity index (χ2v) is 4.57. The van der Waals surface area contributed by atoms with Gasteiger partial charge in [-0.2, -0.15) is 0 Å². The van der Waals surface area contributed by atoms with Gasteiger partial charge in [-0.15, -0.1) is 11.3 Å². The number of nitrogens with two attached hydrogens (primary N) is 1. The Hall–Kier alpha value is -1.12. The maximum Gasteiger partial charge on any atom is 0.0348 e. The third-order valence-corrected chi connectivity index (χ3v) is 3.43. The van der Waals surface area contributed by atoms with Gasteiger partial charge in [0.15, 0.2) is 0 Å². The lowest BCUT2D eigenvalue weighted by Crippen LogP contribution is -2.04. The summed E-state index contributed by atoms with van der Waals surface area (Å²) in [5.41, 5.74) is 9.71. The molecule has 2 aromatic rings. The third-order valence-electron chi connectivity index (χ3n) is 2.54. The number of rotatable bonds is 3. The maximum absolute atomic E-state index is 5.64. The Morgan fingerprint density at radius 3 is 2.73 bits per heavy atom. The van der Waals surface area contributed by atoms with Gasteiger partial charge in [0, 0.05) is 4.88 Å². The molecule has 0 aliphatic carbocycles. The molecule has 2 N–H and O–H groups in total.